The molecule has 0 saturated heterocycles. The van der Waals surface area contributed by atoms with Gasteiger partial charge in [-0.25, -0.2) is 9.59 Å². The summed E-state index contributed by atoms with van der Waals surface area (Å²) in [7, 11) is 0. The number of aromatic amines is 1. The van der Waals surface area contributed by atoms with Crippen molar-refractivity contribution in [2.24, 2.45) is 5.73 Å². The van der Waals surface area contributed by atoms with E-state index in [0.29, 0.717) is 17.2 Å². The van der Waals surface area contributed by atoms with Gasteiger partial charge in [-0.05, 0) is 44.4 Å². The van der Waals surface area contributed by atoms with E-state index in [1.807, 2.05) is 61.5 Å². The lowest BCUT2D eigenvalue weighted by molar-refractivity contribution is 0.0529. The third-order valence-corrected chi connectivity index (χ3v) is 6.38. The molecule has 0 atom stereocenters. The number of nitrogens with two attached hydrogens (primary N) is 1. The Morgan fingerprint density at radius 2 is 1.35 bits per heavy atom. The minimum absolute atomic E-state index is 0.110. The lowest BCUT2D eigenvalue weighted by atomic mass is 9.77. The Hall–Kier alpha value is -4.79. The number of hydrogen-bond acceptors (Lipinski definition) is 5. The Kier molecular flexibility index (Phi) is 8.43. The second-order valence-electron chi connectivity index (χ2n) is 10.4. The number of alkyl carbamates (subject to hydrolysis) is 1. The van der Waals surface area contributed by atoms with E-state index in [1.54, 1.807) is 20.8 Å². The number of aryl methyl sites for hydroxylation is 1. The molecular weight excluding hydrogens is 504 g/mol. The lowest BCUT2D eigenvalue weighted by Crippen LogP contribution is -2.44. The van der Waals surface area contributed by atoms with Crippen LogP contribution in [0.3, 0.4) is 0 Å². The summed E-state index contributed by atoms with van der Waals surface area (Å²) in [5.74, 6) is 0.435. The van der Waals surface area contributed by atoms with Crippen LogP contribution >= 0.6 is 0 Å². The zero-order valence-corrected chi connectivity index (χ0v) is 23.3. The van der Waals surface area contributed by atoms with Gasteiger partial charge in [0.05, 0.1) is 5.69 Å². The number of rotatable bonds is 9. The molecule has 0 aliphatic carbocycles. The van der Waals surface area contributed by atoms with Crippen LogP contribution in [-0.4, -0.2) is 41.0 Å². The molecule has 4 rings (SSSR count). The van der Waals surface area contributed by atoms with Gasteiger partial charge in [-0.1, -0.05) is 91.0 Å². The van der Waals surface area contributed by atoms with Crippen molar-refractivity contribution in [2.75, 3.05) is 23.3 Å². The molecular formula is C31H36N6O3. The number of primary amides is 1. The molecule has 1 heterocycles. The molecule has 3 amide bonds. The molecule has 208 valence electrons. The van der Waals surface area contributed by atoms with Gasteiger partial charge < -0.3 is 21.1 Å². The Morgan fingerprint density at radius 3 is 1.77 bits per heavy atom. The summed E-state index contributed by atoms with van der Waals surface area (Å²) < 4.78 is 5.32. The highest BCUT2D eigenvalue weighted by atomic mass is 16.6. The second kappa shape index (κ2) is 11.9. The van der Waals surface area contributed by atoms with Crippen LogP contribution in [0.15, 0.2) is 91.0 Å². The number of anilines is 2. The molecule has 9 nitrogen and oxygen atoms in total. The number of urea groups is 1. The molecule has 0 spiro atoms. The fraction of sp³-hybridized carbons (Fsp3) is 0.258. The summed E-state index contributed by atoms with van der Waals surface area (Å²) >= 11 is 0. The highest BCUT2D eigenvalue weighted by Crippen LogP contribution is 2.42. The smallest absolute Gasteiger partial charge is 0.407 e. The van der Waals surface area contributed by atoms with E-state index in [4.69, 9.17) is 10.5 Å². The first-order chi connectivity index (χ1) is 19.1. The first-order valence-corrected chi connectivity index (χ1v) is 13.2. The van der Waals surface area contributed by atoms with Crippen molar-refractivity contribution < 1.29 is 14.3 Å². The summed E-state index contributed by atoms with van der Waals surface area (Å²) in [6, 6.07) is 29.5. The van der Waals surface area contributed by atoms with Gasteiger partial charge in [0.2, 0.25) is 0 Å². The van der Waals surface area contributed by atoms with E-state index >= 15 is 0 Å². The fourth-order valence-electron chi connectivity index (χ4n) is 4.72. The molecule has 1 aromatic heterocycles. The number of hydrogen-bond donors (Lipinski definition) is 4. The molecule has 40 heavy (non-hydrogen) atoms. The average molecular weight is 541 g/mol. The molecule has 5 N–H and O–H groups in total. The second-order valence-corrected chi connectivity index (χ2v) is 10.4. The minimum atomic E-state index is -0.863. The third kappa shape index (κ3) is 6.26. The van der Waals surface area contributed by atoms with Crippen molar-refractivity contribution in [3.8, 4) is 0 Å². The van der Waals surface area contributed by atoms with Crippen LogP contribution in [0.1, 0.15) is 43.2 Å². The number of aromatic nitrogens is 2. The van der Waals surface area contributed by atoms with Crippen LogP contribution in [-0.2, 0) is 10.3 Å². The van der Waals surface area contributed by atoms with Gasteiger partial charge in [-0.15, -0.1) is 0 Å². The number of H-pyrrole nitrogens is 1. The van der Waals surface area contributed by atoms with E-state index in [0.717, 1.165) is 16.7 Å². The molecule has 0 fully saturated rings. The van der Waals surface area contributed by atoms with E-state index in [9.17, 15) is 9.59 Å². The maximum absolute atomic E-state index is 12.7. The predicted octanol–water partition coefficient (Wildman–Crippen LogP) is 5.53. The molecule has 0 saturated carbocycles. The summed E-state index contributed by atoms with van der Waals surface area (Å²) in [4.78, 5) is 26.3. The van der Waals surface area contributed by atoms with Gasteiger partial charge in [0.1, 0.15) is 16.8 Å². The zero-order chi connectivity index (χ0) is 28.8. The fourth-order valence-corrected chi connectivity index (χ4v) is 4.72. The molecule has 0 radical (unpaired) electrons. The standard InChI is InChI=1S/C31H36N6O3/c1-22-26(37(28(32)38)21-20-33-29(39)40-30(2,3)4)27(36-35-22)34-31(23-14-8-5-9-15-23,24-16-10-6-11-17-24)25-18-12-7-13-19-25/h5-19H,20-21H2,1-4H3,(H2,32,38)(H,33,39)(H2,34,35,36). The van der Waals surface area contributed by atoms with Crippen LogP contribution in [0.4, 0.5) is 21.1 Å². The van der Waals surface area contributed by atoms with Crippen molar-refractivity contribution in [3.63, 3.8) is 0 Å². The minimum Gasteiger partial charge on any atom is -0.444 e. The van der Waals surface area contributed by atoms with E-state index in [1.165, 1.54) is 4.90 Å². The number of nitrogens with one attached hydrogen (secondary N) is 3. The van der Waals surface area contributed by atoms with Crippen molar-refractivity contribution in [1.29, 1.82) is 0 Å². The molecule has 3 aromatic carbocycles. The van der Waals surface area contributed by atoms with Gasteiger partial charge in [0.25, 0.3) is 0 Å². The summed E-state index contributed by atoms with van der Waals surface area (Å²) in [5.41, 5.74) is 8.43. The Balaban J connectivity index is 1.77. The number of carbonyl (C=O) groups excluding carboxylic acids is 2. The molecule has 0 bridgehead atoms. The maximum atomic E-state index is 12.7. The van der Waals surface area contributed by atoms with Crippen LogP contribution in [0, 0.1) is 6.92 Å². The van der Waals surface area contributed by atoms with Gasteiger partial charge in [-0.3, -0.25) is 10.00 Å². The first-order valence-electron chi connectivity index (χ1n) is 13.2. The summed E-state index contributed by atoms with van der Waals surface area (Å²) in [6.45, 7) is 7.41. The number of amides is 3. The summed E-state index contributed by atoms with van der Waals surface area (Å²) in [6.07, 6.45) is -0.574. The molecule has 0 aliphatic heterocycles. The monoisotopic (exact) mass is 540 g/mol. The van der Waals surface area contributed by atoms with Gasteiger partial charge in [0.15, 0.2) is 5.82 Å². The van der Waals surface area contributed by atoms with Crippen LogP contribution in [0.2, 0.25) is 0 Å². The Bertz CT molecular complexity index is 1320. The zero-order valence-electron chi connectivity index (χ0n) is 23.3. The number of carbonyl (C=O) groups is 2. The quantitative estimate of drug-likeness (QED) is 0.208. The number of nitrogens with zero attached hydrogens (tertiary/aromatic N) is 2. The highest BCUT2D eigenvalue weighted by Gasteiger charge is 2.38. The SMILES string of the molecule is Cc1[nH]nc(NC(c2ccccc2)(c2ccccc2)c2ccccc2)c1N(CCNC(=O)OC(C)(C)C)C(N)=O. The van der Waals surface area contributed by atoms with E-state index < -0.39 is 23.3 Å². The normalized spacial score (nSPS) is 11.5. The Morgan fingerprint density at radius 1 is 0.875 bits per heavy atom. The number of benzene rings is 3. The van der Waals surface area contributed by atoms with Crippen molar-refractivity contribution in [2.45, 2.75) is 38.8 Å². The van der Waals surface area contributed by atoms with Gasteiger partial charge in [-0.2, -0.15) is 5.10 Å². The van der Waals surface area contributed by atoms with Crippen molar-refractivity contribution in [3.05, 3.63) is 113 Å². The van der Waals surface area contributed by atoms with Gasteiger partial charge >= 0.3 is 12.1 Å². The van der Waals surface area contributed by atoms with Crippen LogP contribution in [0.25, 0.3) is 0 Å². The highest BCUT2D eigenvalue weighted by molar-refractivity contribution is 5.95. The first kappa shape index (κ1) is 28.2. The third-order valence-electron chi connectivity index (χ3n) is 6.38. The predicted molar refractivity (Wildman–Crippen MR) is 157 cm³/mol. The van der Waals surface area contributed by atoms with Crippen molar-refractivity contribution >= 4 is 23.6 Å². The molecule has 0 unspecified atom stereocenters. The van der Waals surface area contributed by atoms with E-state index in [2.05, 4.69) is 57.2 Å². The number of ether oxygens (including phenoxy) is 1. The van der Waals surface area contributed by atoms with E-state index in [-0.39, 0.29) is 13.1 Å². The maximum Gasteiger partial charge on any atom is 0.407 e. The molecule has 0 aliphatic rings. The topological polar surface area (TPSA) is 125 Å². The van der Waals surface area contributed by atoms with Crippen LogP contribution in [0.5, 0.6) is 0 Å². The Labute approximate surface area is 234 Å². The van der Waals surface area contributed by atoms with Crippen LogP contribution < -0.4 is 21.3 Å². The molecule has 4 aromatic rings. The molecule has 9 heteroatoms. The largest absolute Gasteiger partial charge is 0.444 e. The lowest BCUT2D eigenvalue weighted by Gasteiger charge is -2.37. The van der Waals surface area contributed by atoms with Crippen molar-refractivity contribution in [1.82, 2.24) is 15.5 Å². The average Bonchev–Trinajstić information content (AvgIpc) is 3.29. The summed E-state index contributed by atoms with van der Waals surface area (Å²) in [5, 5.41) is 14.0. The van der Waals surface area contributed by atoms with Gasteiger partial charge in [0, 0.05) is 13.1 Å².